The molecule has 192 valence electrons. The number of alkyl halides is 3. The zero-order chi connectivity index (χ0) is 26.5. The standard InChI is InChI=1S/C34H25F3N2/c1-20-18-23-6-2-4-8-27(23)38(20)29-16-12-21-11-15-26-30(17-13-22-10-14-25(29)32(21)33(22)26)39-28-9-5-3-7-24(28)19-31(39)34(35,36)37/h2-17,20,31H,18-19H2,1H3. The second-order valence-electron chi connectivity index (χ2n) is 10.9. The van der Waals surface area contributed by atoms with Crippen molar-refractivity contribution >= 4 is 55.1 Å². The molecule has 2 atom stereocenters. The summed E-state index contributed by atoms with van der Waals surface area (Å²) in [6.45, 7) is 2.25. The van der Waals surface area contributed by atoms with Gasteiger partial charge in [0.25, 0.3) is 0 Å². The average molecular weight is 519 g/mol. The van der Waals surface area contributed by atoms with Crippen molar-refractivity contribution in [3.8, 4) is 0 Å². The summed E-state index contributed by atoms with van der Waals surface area (Å²) in [6, 6.07) is 31.1. The summed E-state index contributed by atoms with van der Waals surface area (Å²) < 4.78 is 43.2. The summed E-state index contributed by atoms with van der Waals surface area (Å²) in [4.78, 5) is 3.93. The molecule has 0 saturated heterocycles. The van der Waals surface area contributed by atoms with Crippen molar-refractivity contribution in [2.75, 3.05) is 9.80 Å². The number of para-hydroxylation sites is 2. The van der Waals surface area contributed by atoms with Gasteiger partial charge in [0.15, 0.2) is 0 Å². The summed E-state index contributed by atoms with van der Waals surface area (Å²) in [5.41, 5.74) is 5.67. The molecular weight excluding hydrogens is 493 g/mol. The zero-order valence-electron chi connectivity index (χ0n) is 21.3. The van der Waals surface area contributed by atoms with Crippen molar-refractivity contribution in [1.29, 1.82) is 0 Å². The number of hydrogen-bond donors (Lipinski definition) is 0. The number of rotatable bonds is 2. The van der Waals surface area contributed by atoms with Crippen LogP contribution in [-0.4, -0.2) is 18.3 Å². The van der Waals surface area contributed by atoms with E-state index in [9.17, 15) is 13.2 Å². The van der Waals surface area contributed by atoms with Crippen LogP contribution in [0.25, 0.3) is 32.3 Å². The van der Waals surface area contributed by atoms with Crippen LogP contribution in [0.5, 0.6) is 0 Å². The summed E-state index contributed by atoms with van der Waals surface area (Å²) in [7, 11) is 0. The number of benzene rings is 6. The Bertz CT molecular complexity index is 1910. The van der Waals surface area contributed by atoms with E-state index in [-0.39, 0.29) is 6.42 Å². The van der Waals surface area contributed by atoms with E-state index in [2.05, 4.69) is 66.4 Å². The fraction of sp³-hybridized carbons (Fsp3) is 0.176. The Kier molecular flexibility index (Phi) is 4.59. The molecule has 2 unspecified atom stereocenters. The summed E-state index contributed by atoms with van der Waals surface area (Å²) in [6.07, 6.45) is -3.41. The van der Waals surface area contributed by atoms with Crippen LogP contribution in [0, 0.1) is 0 Å². The smallest absolute Gasteiger partial charge is 0.338 e. The van der Waals surface area contributed by atoms with E-state index in [1.54, 1.807) is 0 Å². The summed E-state index contributed by atoms with van der Waals surface area (Å²) >= 11 is 0. The minimum Gasteiger partial charge on any atom is -0.338 e. The van der Waals surface area contributed by atoms with Crippen LogP contribution < -0.4 is 9.80 Å². The summed E-state index contributed by atoms with van der Waals surface area (Å²) in [5, 5.41) is 6.24. The Balaban J connectivity index is 1.40. The molecule has 0 saturated carbocycles. The molecular formula is C34H25F3N2. The third-order valence-corrected chi connectivity index (χ3v) is 8.70. The molecule has 0 amide bonds. The van der Waals surface area contributed by atoms with Crippen molar-refractivity contribution < 1.29 is 13.2 Å². The van der Waals surface area contributed by atoms with Gasteiger partial charge in [0.05, 0.1) is 0 Å². The van der Waals surface area contributed by atoms with Crippen LogP contribution >= 0.6 is 0 Å². The van der Waals surface area contributed by atoms with Crippen LogP contribution in [0.4, 0.5) is 35.9 Å². The first kappa shape index (κ1) is 22.7. The molecule has 0 aromatic heterocycles. The Morgan fingerprint density at radius 2 is 1.05 bits per heavy atom. The molecule has 2 nitrogen and oxygen atoms in total. The Morgan fingerprint density at radius 1 is 0.564 bits per heavy atom. The molecule has 8 rings (SSSR count). The minimum absolute atomic E-state index is 0.0436. The van der Waals surface area contributed by atoms with Gasteiger partial charge < -0.3 is 9.80 Å². The van der Waals surface area contributed by atoms with Crippen LogP contribution in [-0.2, 0) is 12.8 Å². The van der Waals surface area contributed by atoms with E-state index in [1.165, 1.54) is 16.2 Å². The second kappa shape index (κ2) is 7.89. The van der Waals surface area contributed by atoms with Crippen LogP contribution in [0.3, 0.4) is 0 Å². The number of anilines is 4. The predicted octanol–water partition coefficient (Wildman–Crippen LogP) is 9.29. The molecule has 0 radical (unpaired) electrons. The van der Waals surface area contributed by atoms with Gasteiger partial charge in [-0.25, -0.2) is 0 Å². The van der Waals surface area contributed by atoms with Crippen molar-refractivity contribution in [1.82, 2.24) is 0 Å². The normalized spacial score (nSPS) is 19.0. The number of nitrogens with zero attached hydrogens (tertiary/aromatic N) is 2. The van der Waals surface area contributed by atoms with Crippen molar-refractivity contribution in [2.24, 2.45) is 0 Å². The van der Waals surface area contributed by atoms with Crippen LogP contribution in [0.15, 0.2) is 97.1 Å². The van der Waals surface area contributed by atoms with Crippen molar-refractivity contribution in [3.63, 3.8) is 0 Å². The van der Waals surface area contributed by atoms with Crippen LogP contribution in [0.1, 0.15) is 18.1 Å². The maximum Gasteiger partial charge on any atom is 0.409 e. The molecule has 6 aromatic carbocycles. The molecule has 2 aliphatic rings. The van der Waals surface area contributed by atoms with Gasteiger partial charge in [0.2, 0.25) is 0 Å². The van der Waals surface area contributed by atoms with Crippen LogP contribution in [0.2, 0.25) is 0 Å². The monoisotopic (exact) mass is 518 g/mol. The highest BCUT2D eigenvalue weighted by Crippen LogP contribution is 2.50. The molecule has 0 aliphatic carbocycles. The van der Waals surface area contributed by atoms with Gasteiger partial charge in [-0.3, -0.25) is 0 Å². The van der Waals surface area contributed by atoms with Gasteiger partial charge in [-0.15, -0.1) is 0 Å². The van der Waals surface area contributed by atoms with Gasteiger partial charge in [-0.2, -0.15) is 13.2 Å². The maximum atomic E-state index is 14.4. The lowest BCUT2D eigenvalue weighted by Gasteiger charge is -2.31. The third kappa shape index (κ3) is 3.16. The minimum atomic E-state index is -4.35. The number of halogens is 3. The fourth-order valence-electron chi connectivity index (χ4n) is 7.07. The van der Waals surface area contributed by atoms with Gasteiger partial charge >= 0.3 is 6.18 Å². The van der Waals surface area contributed by atoms with E-state index < -0.39 is 12.2 Å². The molecule has 0 bridgehead atoms. The molecule has 5 heteroatoms. The molecule has 6 aromatic rings. The lowest BCUT2D eigenvalue weighted by molar-refractivity contribution is -0.145. The maximum absolute atomic E-state index is 14.4. The third-order valence-electron chi connectivity index (χ3n) is 8.70. The topological polar surface area (TPSA) is 6.48 Å². The number of fused-ring (bicyclic) bond motifs is 2. The summed E-state index contributed by atoms with van der Waals surface area (Å²) in [5.74, 6) is 0. The molecule has 39 heavy (non-hydrogen) atoms. The van der Waals surface area contributed by atoms with E-state index >= 15 is 0 Å². The lowest BCUT2D eigenvalue weighted by atomic mass is 9.92. The fourth-order valence-corrected chi connectivity index (χ4v) is 7.07. The van der Waals surface area contributed by atoms with E-state index in [0.29, 0.717) is 17.4 Å². The quantitative estimate of drug-likeness (QED) is 0.211. The van der Waals surface area contributed by atoms with E-state index in [0.717, 1.165) is 50.0 Å². The highest BCUT2D eigenvalue weighted by atomic mass is 19.4. The molecule has 0 spiro atoms. The largest absolute Gasteiger partial charge is 0.409 e. The molecule has 0 fully saturated rings. The lowest BCUT2D eigenvalue weighted by Crippen LogP contribution is -2.41. The SMILES string of the molecule is CC1Cc2ccccc2N1c1ccc2ccc3c(N4c5ccccc5CC4C(F)(F)F)ccc4ccc1c2c43. The van der Waals surface area contributed by atoms with Gasteiger partial charge in [-0.05, 0) is 70.3 Å². The highest BCUT2D eigenvalue weighted by Gasteiger charge is 2.48. The molecule has 0 N–H and O–H groups in total. The second-order valence-corrected chi connectivity index (χ2v) is 10.9. The Labute approximate surface area is 224 Å². The molecule has 2 heterocycles. The van der Waals surface area contributed by atoms with Gasteiger partial charge in [0.1, 0.15) is 6.04 Å². The first-order valence-corrected chi connectivity index (χ1v) is 13.4. The van der Waals surface area contributed by atoms with Gasteiger partial charge in [0, 0.05) is 46.0 Å². The van der Waals surface area contributed by atoms with E-state index in [1.807, 2.05) is 42.5 Å². The average Bonchev–Trinajstić information content (AvgIpc) is 3.49. The van der Waals surface area contributed by atoms with E-state index in [4.69, 9.17) is 0 Å². The highest BCUT2D eigenvalue weighted by molar-refractivity contribution is 6.27. The zero-order valence-corrected chi connectivity index (χ0v) is 21.3. The molecule has 2 aliphatic heterocycles. The van der Waals surface area contributed by atoms with Crippen molar-refractivity contribution in [3.05, 3.63) is 108 Å². The Morgan fingerprint density at radius 3 is 1.64 bits per heavy atom. The Hall–Kier alpha value is -4.25. The van der Waals surface area contributed by atoms with Crippen molar-refractivity contribution in [2.45, 2.75) is 38.0 Å². The number of hydrogen-bond acceptors (Lipinski definition) is 2. The first-order chi connectivity index (χ1) is 18.9. The van der Waals surface area contributed by atoms with Gasteiger partial charge in [-0.1, -0.05) is 72.8 Å². The predicted molar refractivity (Wildman–Crippen MR) is 154 cm³/mol. The first-order valence-electron chi connectivity index (χ1n) is 13.4.